The van der Waals surface area contributed by atoms with Gasteiger partial charge in [-0.2, -0.15) is 0 Å². The second kappa shape index (κ2) is 13.4. The summed E-state index contributed by atoms with van der Waals surface area (Å²) < 4.78 is 27.9. The summed E-state index contributed by atoms with van der Waals surface area (Å²) in [5.41, 5.74) is 0. The lowest BCUT2D eigenvalue weighted by Crippen LogP contribution is -2.69. The Morgan fingerprint density at radius 2 is 1.33 bits per heavy atom. The van der Waals surface area contributed by atoms with E-state index in [4.69, 9.17) is 23.7 Å². The van der Waals surface area contributed by atoms with Gasteiger partial charge < -0.3 is 75.2 Å². The van der Waals surface area contributed by atoms with Gasteiger partial charge in [-0.3, -0.25) is 9.59 Å². The molecule has 3 aliphatic heterocycles. The molecule has 17 nitrogen and oxygen atoms in total. The Morgan fingerprint density at radius 3 is 1.92 bits per heavy atom. The van der Waals surface area contributed by atoms with Crippen molar-refractivity contribution in [3.63, 3.8) is 0 Å². The normalized spacial score (nSPS) is 46.9. The first-order valence-electron chi connectivity index (χ1n) is 12.4. The molecular formula is C22H38N2O15. The molecule has 15 atom stereocenters. The summed E-state index contributed by atoms with van der Waals surface area (Å²) in [6.45, 7) is 2.42. The molecule has 3 rings (SSSR count). The molecule has 3 aliphatic rings. The van der Waals surface area contributed by atoms with Crippen LogP contribution in [0.15, 0.2) is 0 Å². The van der Waals surface area contributed by atoms with Crippen LogP contribution in [0.1, 0.15) is 20.8 Å². The Balaban J connectivity index is 1.84. The molecule has 0 bridgehead atoms. The van der Waals surface area contributed by atoms with Crippen molar-refractivity contribution in [2.24, 2.45) is 0 Å². The summed E-state index contributed by atoms with van der Waals surface area (Å²) in [6.07, 6.45) is -19.6. The van der Waals surface area contributed by atoms with E-state index in [0.717, 1.165) is 13.8 Å². The van der Waals surface area contributed by atoms with Crippen LogP contribution >= 0.6 is 0 Å². The predicted octanol–water partition coefficient (Wildman–Crippen LogP) is -6.26. The minimum absolute atomic E-state index is 0.547. The first-order chi connectivity index (χ1) is 18.3. The first kappa shape index (κ1) is 31.9. The average Bonchev–Trinajstić information content (AvgIpc) is 2.87. The van der Waals surface area contributed by atoms with Crippen LogP contribution in [-0.2, 0) is 33.3 Å². The molecule has 226 valence electrons. The zero-order valence-electron chi connectivity index (χ0n) is 21.5. The molecule has 17 heteroatoms. The standard InChI is InChI=1S/C22H38N2O15/c1-6-13(28)17(32)18(33)22(36-6)35-5-10-19(16(31)11(20(34)37-10)23-7(2)26)39-21-12(24-8(3)27)15(30)14(29)9(4-25)38-21/h6,9-22,25,28-34H,4-5H2,1-3H3,(H,23,26)(H,24,27). The van der Waals surface area contributed by atoms with Crippen LogP contribution in [0.3, 0.4) is 0 Å². The Morgan fingerprint density at radius 1 is 0.718 bits per heavy atom. The number of aliphatic hydroxyl groups is 8. The maximum atomic E-state index is 11.8. The van der Waals surface area contributed by atoms with E-state index in [0.29, 0.717) is 0 Å². The highest BCUT2D eigenvalue weighted by Gasteiger charge is 2.52. The molecule has 0 aromatic carbocycles. The molecule has 3 saturated heterocycles. The molecule has 2 amide bonds. The van der Waals surface area contributed by atoms with Crippen molar-refractivity contribution < 1.29 is 74.1 Å². The van der Waals surface area contributed by atoms with E-state index in [9.17, 15) is 50.4 Å². The fraction of sp³-hybridized carbons (Fsp3) is 0.909. The van der Waals surface area contributed by atoms with Crippen molar-refractivity contribution >= 4 is 11.8 Å². The van der Waals surface area contributed by atoms with Gasteiger partial charge >= 0.3 is 0 Å². The molecule has 0 spiro atoms. The largest absolute Gasteiger partial charge is 0.394 e. The van der Waals surface area contributed by atoms with Crippen LogP contribution in [0.25, 0.3) is 0 Å². The highest BCUT2D eigenvalue weighted by Crippen LogP contribution is 2.30. The van der Waals surface area contributed by atoms with Gasteiger partial charge in [0.25, 0.3) is 0 Å². The van der Waals surface area contributed by atoms with Gasteiger partial charge in [-0.05, 0) is 6.92 Å². The Labute approximate surface area is 223 Å². The summed E-state index contributed by atoms with van der Waals surface area (Å²) >= 11 is 0. The average molecular weight is 571 g/mol. The number of nitrogens with one attached hydrogen (secondary N) is 2. The van der Waals surface area contributed by atoms with Crippen LogP contribution < -0.4 is 10.6 Å². The number of ether oxygens (including phenoxy) is 5. The van der Waals surface area contributed by atoms with E-state index in [-0.39, 0.29) is 0 Å². The molecule has 0 aromatic rings. The minimum atomic E-state index is -1.77. The second-order valence-electron chi connectivity index (χ2n) is 9.83. The number of aliphatic hydroxyl groups excluding tert-OH is 8. The topological polar surface area (TPSA) is 266 Å². The fourth-order valence-corrected chi connectivity index (χ4v) is 4.71. The van der Waals surface area contributed by atoms with E-state index >= 15 is 0 Å². The molecule has 0 radical (unpaired) electrons. The van der Waals surface area contributed by atoms with Crippen LogP contribution in [-0.4, -0.2) is 158 Å². The van der Waals surface area contributed by atoms with E-state index in [1.807, 2.05) is 0 Å². The van der Waals surface area contributed by atoms with E-state index < -0.39 is 117 Å². The third-order valence-electron chi connectivity index (χ3n) is 6.84. The third kappa shape index (κ3) is 7.20. The third-order valence-corrected chi connectivity index (χ3v) is 6.84. The lowest BCUT2D eigenvalue weighted by Gasteiger charge is -2.48. The number of amides is 2. The van der Waals surface area contributed by atoms with Gasteiger partial charge in [-0.1, -0.05) is 0 Å². The zero-order chi connectivity index (χ0) is 29.2. The van der Waals surface area contributed by atoms with Crippen LogP contribution in [0.5, 0.6) is 0 Å². The molecule has 0 aromatic heterocycles. The lowest BCUT2D eigenvalue weighted by molar-refractivity contribution is -0.340. The Kier molecular flexibility index (Phi) is 11.0. The number of hydrogen-bond acceptors (Lipinski definition) is 15. The smallest absolute Gasteiger partial charge is 0.217 e. The van der Waals surface area contributed by atoms with Crippen molar-refractivity contribution in [1.82, 2.24) is 10.6 Å². The van der Waals surface area contributed by atoms with Crippen LogP contribution in [0.2, 0.25) is 0 Å². The van der Waals surface area contributed by atoms with Gasteiger partial charge in [-0.25, -0.2) is 0 Å². The summed E-state index contributed by atoms with van der Waals surface area (Å²) in [5.74, 6) is -1.25. The van der Waals surface area contributed by atoms with Gasteiger partial charge in [0, 0.05) is 13.8 Å². The van der Waals surface area contributed by atoms with Crippen molar-refractivity contribution in [2.75, 3.05) is 13.2 Å². The number of carbonyl (C=O) groups excluding carboxylic acids is 2. The minimum Gasteiger partial charge on any atom is -0.394 e. The van der Waals surface area contributed by atoms with Gasteiger partial charge in [0.1, 0.15) is 67.0 Å². The van der Waals surface area contributed by atoms with E-state index in [1.54, 1.807) is 0 Å². The van der Waals surface area contributed by atoms with Gasteiger partial charge in [0.05, 0.1) is 19.3 Å². The molecule has 3 fully saturated rings. The fourth-order valence-electron chi connectivity index (χ4n) is 4.71. The van der Waals surface area contributed by atoms with Gasteiger partial charge in [0.2, 0.25) is 11.8 Å². The molecule has 3 heterocycles. The highest BCUT2D eigenvalue weighted by atomic mass is 16.7. The van der Waals surface area contributed by atoms with E-state index in [2.05, 4.69) is 10.6 Å². The second-order valence-corrected chi connectivity index (χ2v) is 9.83. The quantitative estimate of drug-likeness (QED) is 0.130. The van der Waals surface area contributed by atoms with Crippen LogP contribution in [0.4, 0.5) is 0 Å². The molecule has 39 heavy (non-hydrogen) atoms. The maximum absolute atomic E-state index is 11.8. The summed E-state index contributed by atoms with van der Waals surface area (Å²) in [4.78, 5) is 23.4. The predicted molar refractivity (Wildman–Crippen MR) is 123 cm³/mol. The highest BCUT2D eigenvalue weighted by molar-refractivity contribution is 5.73. The summed E-state index contributed by atoms with van der Waals surface area (Å²) in [6, 6.07) is -2.80. The Bertz CT molecular complexity index is 837. The molecule has 0 saturated carbocycles. The van der Waals surface area contributed by atoms with Crippen molar-refractivity contribution in [1.29, 1.82) is 0 Å². The molecule has 15 unspecified atom stereocenters. The van der Waals surface area contributed by atoms with Gasteiger partial charge in [0.15, 0.2) is 18.9 Å². The first-order valence-corrected chi connectivity index (χ1v) is 12.4. The van der Waals surface area contributed by atoms with Crippen molar-refractivity contribution in [3.8, 4) is 0 Å². The van der Waals surface area contributed by atoms with Crippen LogP contribution in [0, 0.1) is 0 Å². The van der Waals surface area contributed by atoms with Gasteiger partial charge in [-0.15, -0.1) is 0 Å². The molecule has 10 N–H and O–H groups in total. The molecule has 0 aliphatic carbocycles. The SMILES string of the molecule is CC(=O)NC1C(O)OC(COC2OC(C)C(O)C(O)C2O)C(OC2OC(CO)C(O)C(O)C2NC(C)=O)C1O. The number of rotatable bonds is 8. The zero-order valence-corrected chi connectivity index (χ0v) is 21.5. The van der Waals surface area contributed by atoms with E-state index in [1.165, 1.54) is 6.92 Å². The lowest BCUT2D eigenvalue weighted by atomic mass is 9.94. The Hall–Kier alpha value is -1.58. The maximum Gasteiger partial charge on any atom is 0.217 e. The number of hydrogen-bond donors (Lipinski definition) is 10. The number of carbonyl (C=O) groups is 2. The summed E-state index contributed by atoms with van der Waals surface area (Å²) in [5, 5.41) is 86.8. The molecular weight excluding hydrogens is 532 g/mol. The van der Waals surface area contributed by atoms with Crippen molar-refractivity contribution in [2.45, 2.75) is 113 Å². The van der Waals surface area contributed by atoms with Crippen molar-refractivity contribution in [3.05, 3.63) is 0 Å². The monoisotopic (exact) mass is 570 g/mol. The summed E-state index contributed by atoms with van der Waals surface area (Å²) in [7, 11) is 0.